The van der Waals surface area contributed by atoms with Gasteiger partial charge in [-0.1, -0.05) is 16.8 Å². The average Bonchev–Trinajstić information content (AvgIpc) is 2.38. The molecular formula is C15H18N3+. The Kier molecular flexibility index (Phi) is 3.72. The van der Waals surface area contributed by atoms with Gasteiger partial charge in [0.1, 0.15) is 6.21 Å². The fourth-order valence-corrected chi connectivity index (χ4v) is 1.64. The van der Waals surface area contributed by atoms with Gasteiger partial charge in [0, 0.05) is 38.8 Å². The minimum Gasteiger partial charge on any atom is -0.378 e. The van der Waals surface area contributed by atoms with Crippen LogP contribution in [0, 0.1) is 6.92 Å². The fourth-order valence-electron chi connectivity index (χ4n) is 1.64. The summed E-state index contributed by atoms with van der Waals surface area (Å²) < 4.78 is 1.86. The summed E-state index contributed by atoms with van der Waals surface area (Å²) in [6, 6.07) is 14.3. The van der Waals surface area contributed by atoms with Crippen molar-refractivity contribution < 1.29 is 4.68 Å². The van der Waals surface area contributed by atoms with E-state index >= 15 is 0 Å². The van der Waals surface area contributed by atoms with Crippen LogP contribution < -0.4 is 9.58 Å². The first-order valence-corrected chi connectivity index (χ1v) is 5.96. The molecule has 0 saturated carbocycles. The number of rotatable bonds is 3. The number of nitrogens with zero attached hydrogens (tertiary/aromatic N) is 3. The molecular weight excluding hydrogens is 222 g/mol. The molecule has 0 aliphatic carbocycles. The predicted molar refractivity (Wildman–Crippen MR) is 75.1 cm³/mol. The normalized spacial score (nSPS) is 10.8. The molecule has 0 spiro atoms. The smallest absolute Gasteiger partial charge is 0.211 e. The Morgan fingerprint density at radius 2 is 1.78 bits per heavy atom. The van der Waals surface area contributed by atoms with Crippen molar-refractivity contribution in [2.75, 3.05) is 19.0 Å². The molecule has 2 rings (SSSR count). The summed E-state index contributed by atoms with van der Waals surface area (Å²) in [5, 5.41) is 4.43. The Labute approximate surface area is 108 Å². The lowest BCUT2D eigenvalue weighted by molar-refractivity contribution is -0.684. The summed E-state index contributed by atoms with van der Waals surface area (Å²) in [5.74, 6) is 0. The Morgan fingerprint density at radius 3 is 2.39 bits per heavy atom. The molecule has 0 aliphatic rings. The van der Waals surface area contributed by atoms with Gasteiger partial charge in [-0.3, -0.25) is 0 Å². The van der Waals surface area contributed by atoms with E-state index in [1.807, 2.05) is 56.3 Å². The molecule has 92 valence electrons. The van der Waals surface area contributed by atoms with E-state index in [2.05, 4.69) is 34.3 Å². The maximum absolute atomic E-state index is 4.43. The SMILES string of the molecule is Cc1cccc[n+]1N=Cc1ccc(N(C)C)cc1. The molecule has 0 saturated heterocycles. The molecule has 1 heterocycles. The Morgan fingerprint density at radius 1 is 1.06 bits per heavy atom. The average molecular weight is 240 g/mol. The van der Waals surface area contributed by atoms with Crippen LogP contribution >= 0.6 is 0 Å². The first-order chi connectivity index (χ1) is 8.66. The van der Waals surface area contributed by atoms with Gasteiger partial charge >= 0.3 is 0 Å². The molecule has 18 heavy (non-hydrogen) atoms. The largest absolute Gasteiger partial charge is 0.378 e. The number of pyridine rings is 1. The maximum Gasteiger partial charge on any atom is 0.211 e. The maximum atomic E-state index is 4.43. The Balaban J connectivity index is 2.17. The molecule has 0 bridgehead atoms. The highest BCUT2D eigenvalue weighted by Gasteiger charge is 2.01. The summed E-state index contributed by atoms with van der Waals surface area (Å²) in [7, 11) is 4.07. The van der Waals surface area contributed by atoms with Crippen LogP contribution in [0.3, 0.4) is 0 Å². The van der Waals surface area contributed by atoms with Crippen molar-refractivity contribution in [3.63, 3.8) is 0 Å². The molecule has 0 radical (unpaired) electrons. The van der Waals surface area contributed by atoms with Crippen LogP contribution in [-0.2, 0) is 0 Å². The second-order valence-corrected chi connectivity index (χ2v) is 4.42. The lowest BCUT2D eigenvalue weighted by Crippen LogP contribution is -2.30. The van der Waals surface area contributed by atoms with Gasteiger partial charge in [0.15, 0.2) is 0 Å². The van der Waals surface area contributed by atoms with E-state index in [9.17, 15) is 0 Å². The molecule has 3 heteroatoms. The molecule has 0 amide bonds. The lowest BCUT2D eigenvalue weighted by atomic mass is 10.2. The zero-order valence-corrected chi connectivity index (χ0v) is 11.0. The van der Waals surface area contributed by atoms with Gasteiger partial charge in [-0.25, -0.2) is 0 Å². The van der Waals surface area contributed by atoms with E-state index in [1.165, 1.54) is 5.69 Å². The molecule has 0 N–H and O–H groups in total. The van der Waals surface area contributed by atoms with Gasteiger partial charge in [-0.05, 0) is 28.9 Å². The molecule has 0 atom stereocenters. The molecule has 2 aromatic rings. The van der Waals surface area contributed by atoms with Crippen molar-refractivity contribution in [1.82, 2.24) is 0 Å². The highest BCUT2D eigenvalue weighted by Crippen LogP contribution is 2.10. The summed E-state index contributed by atoms with van der Waals surface area (Å²) >= 11 is 0. The van der Waals surface area contributed by atoms with E-state index in [1.54, 1.807) is 0 Å². The van der Waals surface area contributed by atoms with Crippen molar-refractivity contribution in [1.29, 1.82) is 0 Å². The number of benzene rings is 1. The first kappa shape index (κ1) is 12.3. The van der Waals surface area contributed by atoms with Crippen LogP contribution in [0.25, 0.3) is 0 Å². The summed E-state index contributed by atoms with van der Waals surface area (Å²) in [5.41, 5.74) is 3.39. The van der Waals surface area contributed by atoms with E-state index in [0.29, 0.717) is 0 Å². The van der Waals surface area contributed by atoms with E-state index in [0.717, 1.165) is 11.3 Å². The topological polar surface area (TPSA) is 19.5 Å². The number of aryl methyl sites for hydroxylation is 1. The van der Waals surface area contributed by atoms with Gasteiger partial charge in [-0.15, -0.1) is 0 Å². The van der Waals surface area contributed by atoms with Crippen LogP contribution in [0.5, 0.6) is 0 Å². The quantitative estimate of drug-likeness (QED) is 0.595. The van der Waals surface area contributed by atoms with Gasteiger partial charge in [0.25, 0.3) is 0 Å². The molecule has 3 nitrogen and oxygen atoms in total. The predicted octanol–water partition coefficient (Wildman–Crippen LogP) is 2.23. The lowest BCUT2D eigenvalue weighted by Gasteiger charge is -2.11. The zero-order chi connectivity index (χ0) is 13.0. The molecule has 0 aliphatic heterocycles. The van der Waals surface area contributed by atoms with Crippen LogP contribution in [0.2, 0.25) is 0 Å². The van der Waals surface area contributed by atoms with Gasteiger partial charge < -0.3 is 4.90 Å². The fraction of sp³-hybridized carbons (Fsp3) is 0.200. The van der Waals surface area contributed by atoms with Crippen LogP contribution in [0.1, 0.15) is 11.3 Å². The third kappa shape index (κ3) is 2.94. The summed E-state index contributed by atoms with van der Waals surface area (Å²) in [6.07, 6.45) is 3.81. The van der Waals surface area contributed by atoms with E-state index in [4.69, 9.17) is 0 Å². The minimum absolute atomic E-state index is 1.09. The number of anilines is 1. The third-order valence-corrected chi connectivity index (χ3v) is 2.78. The summed E-state index contributed by atoms with van der Waals surface area (Å²) in [6.45, 7) is 2.03. The monoisotopic (exact) mass is 240 g/mol. The van der Waals surface area contributed by atoms with E-state index in [-0.39, 0.29) is 0 Å². The molecule has 0 fully saturated rings. The van der Waals surface area contributed by atoms with Crippen molar-refractivity contribution >= 4 is 11.9 Å². The van der Waals surface area contributed by atoms with Gasteiger partial charge in [-0.2, -0.15) is 0 Å². The van der Waals surface area contributed by atoms with Crippen LogP contribution in [0.15, 0.2) is 53.8 Å². The Hall–Kier alpha value is -2.16. The standard InChI is InChI=1S/C15H18N3/c1-13-6-4-5-11-18(13)16-12-14-7-9-15(10-8-14)17(2)3/h4-12H,1-3H3/q+1. The zero-order valence-electron chi connectivity index (χ0n) is 11.0. The minimum atomic E-state index is 1.09. The highest BCUT2D eigenvalue weighted by molar-refractivity contribution is 5.79. The number of hydrogen-bond donors (Lipinski definition) is 0. The second-order valence-electron chi connectivity index (χ2n) is 4.42. The van der Waals surface area contributed by atoms with Crippen molar-refractivity contribution in [3.8, 4) is 0 Å². The van der Waals surface area contributed by atoms with E-state index < -0.39 is 0 Å². The molecule has 1 aromatic carbocycles. The van der Waals surface area contributed by atoms with Crippen molar-refractivity contribution in [2.45, 2.75) is 6.92 Å². The van der Waals surface area contributed by atoms with Crippen molar-refractivity contribution in [2.24, 2.45) is 5.10 Å². The van der Waals surface area contributed by atoms with Gasteiger partial charge in [0.05, 0.1) is 0 Å². The third-order valence-electron chi connectivity index (χ3n) is 2.78. The first-order valence-electron chi connectivity index (χ1n) is 5.96. The molecule has 0 unspecified atom stereocenters. The number of aromatic nitrogens is 1. The van der Waals surface area contributed by atoms with Crippen LogP contribution in [-0.4, -0.2) is 20.3 Å². The molecule has 1 aromatic heterocycles. The highest BCUT2D eigenvalue weighted by atomic mass is 15.3. The summed E-state index contributed by atoms with van der Waals surface area (Å²) in [4.78, 5) is 2.08. The van der Waals surface area contributed by atoms with Crippen LogP contribution in [0.4, 0.5) is 5.69 Å². The Bertz CT molecular complexity index is 542. The number of hydrogen-bond acceptors (Lipinski definition) is 2. The van der Waals surface area contributed by atoms with Crippen molar-refractivity contribution in [3.05, 3.63) is 59.9 Å². The second kappa shape index (κ2) is 5.45. The van der Waals surface area contributed by atoms with Gasteiger partial charge in [0.2, 0.25) is 11.9 Å².